The van der Waals surface area contributed by atoms with Crippen LogP contribution in [0, 0.1) is 5.92 Å². The first-order valence-electron chi connectivity index (χ1n) is 16.0. The number of carbonyl (C=O) groups is 4. The fourth-order valence-corrected chi connectivity index (χ4v) is 5.60. The molecule has 0 fully saturated rings. The summed E-state index contributed by atoms with van der Waals surface area (Å²) in [4.78, 5) is 54.5. The molecule has 1 heterocycles. The van der Waals surface area contributed by atoms with Crippen LogP contribution < -0.4 is 10.6 Å². The molecule has 252 valence electrons. The van der Waals surface area contributed by atoms with E-state index in [4.69, 9.17) is 9.47 Å². The van der Waals surface area contributed by atoms with Gasteiger partial charge in [0.05, 0.1) is 25.1 Å². The highest BCUT2D eigenvalue weighted by Crippen LogP contribution is 2.26. The number of alkyl carbamates (subject to hydrolysis) is 1. The normalized spacial score (nSPS) is 15.5. The number of nitrogens with zero attached hydrogens (tertiary/aromatic N) is 1. The minimum Gasteiger partial charge on any atom is -0.454 e. The number of ether oxygens (including phenoxy) is 2. The average Bonchev–Trinajstić information content (AvgIpc) is 3.12. The minimum absolute atomic E-state index is 0.0291. The van der Waals surface area contributed by atoms with E-state index in [9.17, 15) is 24.3 Å². The van der Waals surface area contributed by atoms with Crippen molar-refractivity contribution in [2.24, 2.45) is 5.92 Å². The van der Waals surface area contributed by atoms with Crippen molar-refractivity contribution >= 4 is 23.9 Å². The molecule has 0 unspecified atom stereocenters. The number of hydrogen-bond acceptors (Lipinski definition) is 7. The third-order valence-electron chi connectivity index (χ3n) is 8.21. The van der Waals surface area contributed by atoms with Gasteiger partial charge in [-0.3, -0.25) is 9.59 Å². The lowest BCUT2D eigenvalue weighted by molar-refractivity contribution is -0.152. The summed E-state index contributed by atoms with van der Waals surface area (Å²) in [7, 11) is 0. The van der Waals surface area contributed by atoms with Gasteiger partial charge < -0.3 is 30.1 Å². The number of carbonyl (C=O) groups excluding carboxylic acids is 4. The van der Waals surface area contributed by atoms with Crippen molar-refractivity contribution in [2.75, 3.05) is 13.2 Å². The van der Waals surface area contributed by atoms with E-state index in [2.05, 4.69) is 23.8 Å². The Kier molecular flexibility index (Phi) is 13.5. The van der Waals surface area contributed by atoms with E-state index in [0.29, 0.717) is 18.5 Å². The highest BCUT2D eigenvalue weighted by atomic mass is 16.6. The first-order chi connectivity index (χ1) is 23.3. The van der Waals surface area contributed by atoms with E-state index < -0.39 is 36.0 Å². The first-order valence-corrected chi connectivity index (χ1v) is 16.0. The number of fused-ring (bicyclic) bond motifs is 1. The Labute approximate surface area is 281 Å². The predicted octanol–water partition coefficient (Wildman–Crippen LogP) is 4.79. The number of amides is 3. The van der Waals surface area contributed by atoms with Gasteiger partial charge in [0, 0.05) is 13.0 Å². The Morgan fingerprint density at radius 2 is 1.54 bits per heavy atom. The van der Waals surface area contributed by atoms with Crippen LogP contribution in [0.3, 0.4) is 0 Å². The summed E-state index contributed by atoms with van der Waals surface area (Å²) in [6.45, 7) is 7.58. The lowest BCUT2D eigenvalue weighted by Gasteiger charge is -2.36. The van der Waals surface area contributed by atoms with Gasteiger partial charge in [0.25, 0.3) is 0 Å². The number of rotatable bonds is 16. The quantitative estimate of drug-likeness (QED) is 0.150. The summed E-state index contributed by atoms with van der Waals surface area (Å²) in [5.41, 5.74) is 3.53. The lowest BCUT2D eigenvalue weighted by atomic mass is 9.92. The summed E-state index contributed by atoms with van der Waals surface area (Å²) < 4.78 is 11.1. The van der Waals surface area contributed by atoms with Gasteiger partial charge in [-0.1, -0.05) is 97.1 Å². The van der Waals surface area contributed by atoms with Gasteiger partial charge in [-0.2, -0.15) is 0 Å². The number of aliphatic hydroxyl groups excluding tert-OH is 1. The fraction of sp³-hybridized carbons (Fsp3) is 0.316. The molecule has 0 saturated heterocycles. The molecular formula is C38H43N3O7. The molecule has 0 radical (unpaired) electrons. The minimum atomic E-state index is -1.08. The maximum Gasteiger partial charge on any atom is 0.408 e. The summed E-state index contributed by atoms with van der Waals surface area (Å²) in [5.74, 6) is -2.10. The monoisotopic (exact) mass is 653 g/mol. The highest BCUT2D eigenvalue weighted by molar-refractivity contribution is 5.86. The van der Waals surface area contributed by atoms with Crippen molar-refractivity contribution in [3.05, 3.63) is 132 Å². The van der Waals surface area contributed by atoms with Crippen molar-refractivity contribution in [2.45, 2.75) is 57.0 Å². The van der Waals surface area contributed by atoms with Crippen LogP contribution in [0.5, 0.6) is 0 Å². The molecule has 0 bridgehead atoms. The number of nitrogens with one attached hydrogen (secondary N) is 2. The van der Waals surface area contributed by atoms with Crippen LogP contribution in [0.1, 0.15) is 47.6 Å². The Bertz CT molecular complexity index is 1550. The van der Waals surface area contributed by atoms with Gasteiger partial charge in [0.15, 0.2) is 0 Å². The molecule has 3 aromatic carbocycles. The van der Waals surface area contributed by atoms with Gasteiger partial charge in [-0.25, -0.2) is 9.59 Å². The second-order valence-electron chi connectivity index (χ2n) is 11.6. The largest absolute Gasteiger partial charge is 0.454 e. The van der Waals surface area contributed by atoms with E-state index in [1.54, 1.807) is 35.2 Å². The number of esters is 1. The van der Waals surface area contributed by atoms with Crippen LogP contribution in [0.2, 0.25) is 0 Å². The molecule has 0 aliphatic carbocycles. The molecule has 0 aromatic heterocycles. The van der Waals surface area contributed by atoms with Crippen molar-refractivity contribution in [1.82, 2.24) is 15.5 Å². The van der Waals surface area contributed by atoms with Crippen molar-refractivity contribution < 1.29 is 33.8 Å². The number of hydrogen-bond donors (Lipinski definition) is 3. The third-order valence-corrected chi connectivity index (χ3v) is 8.21. The molecule has 4 atom stereocenters. The predicted molar refractivity (Wildman–Crippen MR) is 181 cm³/mol. The molecule has 10 nitrogen and oxygen atoms in total. The molecule has 4 rings (SSSR count). The van der Waals surface area contributed by atoms with E-state index in [-0.39, 0.29) is 51.0 Å². The Morgan fingerprint density at radius 3 is 2.21 bits per heavy atom. The Balaban J connectivity index is 1.39. The Hall–Kier alpha value is -5.22. The summed E-state index contributed by atoms with van der Waals surface area (Å²) in [5, 5.41) is 15.4. The molecular weight excluding hydrogens is 610 g/mol. The Morgan fingerprint density at radius 1 is 0.896 bits per heavy atom. The first kappa shape index (κ1) is 35.6. The zero-order valence-electron chi connectivity index (χ0n) is 27.0. The van der Waals surface area contributed by atoms with Crippen LogP contribution in [0.15, 0.2) is 110 Å². The number of allylic oxidation sites excluding steroid dienone is 1. The second kappa shape index (κ2) is 18.2. The summed E-state index contributed by atoms with van der Waals surface area (Å²) in [6, 6.07) is 24.4. The SMILES string of the molecule is C=CC[C@@H](CC(=O)N1Cc2ccccc2C[C@H]1CO)C(=O)NC[C@H](OC(=O)[C@@H](CC=C)NC(=O)OCc1ccccc1)c1ccccc1. The van der Waals surface area contributed by atoms with Gasteiger partial charge in [0.1, 0.15) is 18.8 Å². The van der Waals surface area contributed by atoms with Gasteiger partial charge in [-0.15, -0.1) is 13.2 Å². The zero-order valence-corrected chi connectivity index (χ0v) is 27.0. The number of benzene rings is 3. The molecule has 48 heavy (non-hydrogen) atoms. The van der Waals surface area contributed by atoms with Crippen LogP contribution in [-0.4, -0.2) is 59.1 Å². The zero-order chi connectivity index (χ0) is 34.3. The van der Waals surface area contributed by atoms with E-state index in [1.165, 1.54) is 6.08 Å². The van der Waals surface area contributed by atoms with E-state index >= 15 is 0 Å². The standard InChI is InChI=1S/C38H43N3O7/c1-3-13-30(22-35(43)41-24-31-20-12-11-19-29(31)21-32(41)25-42)36(44)39-23-34(28-17-9-6-10-18-28)48-37(45)33(14-4-2)40-38(46)47-26-27-15-7-5-8-16-27/h3-12,15-20,30,32-34,42H,1-2,13-14,21-26H2,(H,39,44)(H,40,46)/t30-,32-,33+,34-/m0/s1. The van der Waals surface area contributed by atoms with Crippen LogP contribution in [0.4, 0.5) is 4.79 Å². The van der Waals surface area contributed by atoms with Crippen molar-refractivity contribution in [1.29, 1.82) is 0 Å². The number of aliphatic hydroxyl groups is 1. The fourth-order valence-electron chi connectivity index (χ4n) is 5.60. The topological polar surface area (TPSA) is 134 Å². The van der Waals surface area contributed by atoms with Gasteiger partial charge >= 0.3 is 12.1 Å². The lowest BCUT2D eigenvalue weighted by Crippen LogP contribution is -2.47. The maximum atomic E-state index is 13.5. The maximum absolute atomic E-state index is 13.5. The van der Waals surface area contributed by atoms with Crippen LogP contribution in [0.25, 0.3) is 0 Å². The van der Waals surface area contributed by atoms with Gasteiger partial charge in [0.2, 0.25) is 11.8 Å². The molecule has 3 amide bonds. The van der Waals surface area contributed by atoms with Gasteiger partial charge in [-0.05, 0) is 41.5 Å². The molecule has 10 heteroatoms. The highest BCUT2D eigenvalue weighted by Gasteiger charge is 2.32. The second-order valence-corrected chi connectivity index (χ2v) is 11.6. The third kappa shape index (κ3) is 10.1. The smallest absolute Gasteiger partial charge is 0.408 e. The molecule has 0 saturated carbocycles. The molecule has 0 spiro atoms. The molecule has 1 aliphatic heterocycles. The molecule has 3 N–H and O–H groups in total. The van der Waals surface area contributed by atoms with Crippen LogP contribution >= 0.6 is 0 Å². The van der Waals surface area contributed by atoms with Crippen molar-refractivity contribution in [3.63, 3.8) is 0 Å². The van der Waals surface area contributed by atoms with E-state index in [1.807, 2.05) is 60.7 Å². The van der Waals surface area contributed by atoms with Crippen LogP contribution in [-0.2, 0) is 43.4 Å². The molecule has 1 aliphatic rings. The average molecular weight is 654 g/mol. The van der Waals surface area contributed by atoms with Crippen molar-refractivity contribution in [3.8, 4) is 0 Å². The summed E-state index contributed by atoms with van der Waals surface area (Å²) in [6.07, 6.45) is 2.19. The van der Waals surface area contributed by atoms with E-state index in [0.717, 1.165) is 16.7 Å². The molecule has 3 aromatic rings. The summed E-state index contributed by atoms with van der Waals surface area (Å²) >= 11 is 0.